The van der Waals surface area contributed by atoms with Crippen LogP contribution in [0.4, 0.5) is 0 Å². The molecule has 6 rings (SSSR count). The highest BCUT2D eigenvalue weighted by Crippen LogP contribution is 2.36. The average molecular weight is 750 g/mol. The summed E-state index contributed by atoms with van der Waals surface area (Å²) in [6, 6.07) is 15.1. The number of halogens is 2. The van der Waals surface area contributed by atoms with Crippen molar-refractivity contribution in [2.45, 2.75) is 65.1 Å². The predicted octanol–water partition coefficient (Wildman–Crippen LogP) is 5.36. The van der Waals surface area contributed by atoms with Crippen molar-refractivity contribution in [3.05, 3.63) is 92.0 Å². The summed E-state index contributed by atoms with van der Waals surface area (Å²) in [4.78, 5) is 36.4. The van der Waals surface area contributed by atoms with Gasteiger partial charge in [-0.1, -0.05) is 59.6 Å². The van der Waals surface area contributed by atoms with Crippen molar-refractivity contribution < 1.29 is 28.5 Å². The standard InChI is InChI=1S/C38H42Cl2N6O6/c1-21-23(19-51-37-29(39)15-25(35(43-37)49-3)17-45-13-11-31(45)33(41)47)7-5-9-27(21)28-10-6-8-24(22(28)2)20-52-38-30(40)16-26(36(44-38)50-4)18-46-14-12-32(46)34(42)48/h5-10,15-16,31-32H,11-14,17-20H2,1-4H3,(H2,41,47)(H2,42,48). The minimum Gasteiger partial charge on any atom is -0.481 e. The fourth-order valence-electron chi connectivity index (χ4n) is 6.67. The highest BCUT2D eigenvalue weighted by atomic mass is 35.5. The lowest BCUT2D eigenvalue weighted by Crippen LogP contribution is -2.54. The van der Waals surface area contributed by atoms with E-state index in [4.69, 9.17) is 53.6 Å². The van der Waals surface area contributed by atoms with Gasteiger partial charge in [0.05, 0.1) is 26.3 Å². The molecule has 2 aromatic heterocycles. The molecule has 2 aliphatic rings. The van der Waals surface area contributed by atoms with Crippen LogP contribution in [0.15, 0.2) is 48.5 Å². The molecule has 0 saturated carbocycles. The van der Waals surface area contributed by atoms with Crippen LogP contribution in [0.2, 0.25) is 10.0 Å². The number of ether oxygens (including phenoxy) is 4. The minimum absolute atomic E-state index is 0.232. The van der Waals surface area contributed by atoms with E-state index < -0.39 is 0 Å². The fraction of sp³-hybridized carbons (Fsp3) is 0.368. The zero-order chi connectivity index (χ0) is 37.1. The lowest BCUT2D eigenvalue weighted by molar-refractivity contribution is -0.128. The van der Waals surface area contributed by atoms with Crippen LogP contribution in [-0.2, 0) is 35.9 Å². The summed E-state index contributed by atoms with van der Waals surface area (Å²) in [5, 5.41) is 0.693. The van der Waals surface area contributed by atoms with Crippen molar-refractivity contribution in [2.24, 2.45) is 11.5 Å². The normalized spacial score (nSPS) is 17.2. The molecule has 4 heterocycles. The van der Waals surface area contributed by atoms with Crippen molar-refractivity contribution in [3.63, 3.8) is 0 Å². The van der Waals surface area contributed by atoms with Gasteiger partial charge in [-0.05, 0) is 72.2 Å². The molecular weight excluding hydrogens is 707 g/mol. The van der Waals surface area contributed by atoms with E-state index in [0.717, 1.165) is 70.4 Å². The van der Waals surface area contributed by atoms with Crippen LogP contribution < -0.4 is 30.4 Å². The first-order valence-electron chi connectivity index (χ1n) is 17.0. The number of aromatic nitrogens is 2. The second kappa shape index (κ2) is 16.0. The number of nitrogens with two attached hydrogens (primary N) is 2. The Morgan fingerprint density at radius 2 is 1.10 bits per heavy atom. The summed E-state index contributed by atoms with van der Waals surface area (Å²) in [5.41, 5.74) is 18.7. The Morgan fingerprint density at radius 1 is 0.692 bits per heavy atom. The molecule has 52 heavy (non-hydrogen) atoms. The molecule has 2 amide bonds. The number of carbonyl (C=O) groups is 2. The van der Waals surface area contributed by atoms with Crippen molar-refractivity contribution in [1.29, 1.82) is 0 Å². The van der Waals surface area contributed by atoms with Crippen molar-refractivity contribution in [2.75, 3.05) is 27.3 Å². The van der Waals surface area contributed by atoms with Gasteiger partial charge < -0.3 is 30.4 Å². The third kappa shape index (κ3) is 7.75. The van der Waals surface area contributed by atoms with Crippen LogP contribution in [0.1, 0.15) is 46.2 Å². The fourth-order valence-corrected chi connectivity index (χ4v) is 7.12. The molecule has 12 nitrogen and oxygen atoms in total. The molecule has 2 saturated heterocycles. The topological polar surface area (TPSA) is 155 Å². The van der Waals surface area contributed by atoms with E-state index >= 15 is 0 Å². The summed E-state index contributed by atoms with van der Waals surface area (Å²) in [7, 11) is 3.08. The molecule has 4 aromatic rings. The number of benzene rings is 2. The number of hydrogen-bond donors (Lipinski definition) is 2. The van der Waals surface area contributed by atoms with Crippen LogP contribution >= 0.6 is 23.2 Å². The number of pyridine rings is 2. The Balaban J connectivity index is 1.15. The van der Waals surface area contributed by atoms with E-state index in [1.54, 1.807) is 12.1 Å². The zero-order valence-corrected chi connectivity index (χ0v) is 31.1. The second-order valence-corrected chi connectivity index (χ2v) is 13.8. The maximum atomic E-state index is 11.7. The largest absolute Gasteiger partial charge is 0.481 e. The minimum atomic E-state index is -0.345. The van der Waals surface area contributed by atoms with Gasteiger partial charge in [0.2, 0.25) is 35.3 Å². The molecular formula is C38H42Cl2N6O6. The first-order chi connectivity index (χ1) is 25.0. The van der Waals surface area contributed by atoms with Crippen molar-refractivity contribution >= 4 is 35.0 Å². The van der Waals surface area contributed by atoms with Crippen LogP contribution in [0, 0.1) is 13.8 Å². The molecule has 4 N–H and O–H groups in total. The smallest absolute Gasteiger partial charge is 0.236 e. The second-order valence-electron chi connectivity index (χ2n) is 13.0. The summed E-state index contributed by atoms with van der Waals surface area (Å²) in [6.07, 6.45) is 1.46. The van der Waals surface area contributed by atoms with E-state index in [2.05, 4.69) is 35.9 Å². The van der Waals surface area contributed by atoms with Crippen LogP contribution in [0.25, 0.3) is 11.1 Å². The molecule has 2 unspecified atom stereocenters. The number of nitrogens with zero attached hydrogens (tertiary/aromatic N) is 4. The molecule has 0 aliphatic carbocycles. The van der Waals surface area contributed by atoms with Gasteiger partial charge in [-0.2, -0.15) is 9.97 Å². The molecule has 2 fully saturated rings. The summed E-state index contributed by atoms with van der Waals surface area (Å²) in [6.45, 7) is 6.97. The van der Waals surface area contributed by atoms with Gasteiger partial charge in [-0.3, -0.25) is 19.4 Å². The lowest BCUT2D eigenvalue weighted by atomic mass is 9.92. The maximum absolute atomic E-state index is 11.7. The average Bonchev–Trinajstić information content (AvgIpc) is 3.08. The number of hydrogen-bond acceptors (Lipinski definition) is 10. The van der Waals surface area contributed by atoms with Crippen LogP contribution in [-0.4, -0.2) is 71.0 Å². The molecule has 2 aromatic carbocycles. The van der Waals surface area contributed by atoms with Gasteiger partial charge in [0.25, 0.3) is 0 Å². The molecule has 0 spiro atoms. The van der Waals surface area contributed by atoms with Crippen LogP contribution in [0.3, 0.4) is 0 Å². The monoisotopic (exact) mass is 748 g/mol. The molecule has 2 atom stereocenters. The van der Waals surface area contributed by atoms with E-state index in [1.165, 1.54) is 14.2 Å². The Labute approximate surface area is 312 Å². The molecule has 0 radical (unpaired) electrons. The van der Waals surface area contributed by atoms with E-state index in [1.807, 2.05) is 34.1 Å². The molecule has 274 valence electrons. The third-order valence-corrected chi connectivity index (χ3v) is 10.5. The first kappa shape index (κ1) is 37.1. The number of methoxy groups -OCH3 is 2. The molecule has 14 heteroatoms. The van der Waals surface area contributed by atoms with E-state index in [9.17, 15) is 9.59 Å². The summed E-state index contributed by atoms with van der Waals surface area (Å²) in [5.74, 6) is 0.580. The lowest BCUT2D eigenvalue weighted by Gasteiger charge is -2.38. The van der Waals surface area contributed by atoms with Gasteiger partial charge in [0, 0.05) is 37.3 Å². The van der Waals surface area contributed by atoms with Crippen molar-refractivity contribution in [1.82, 2.24) is 19.8 Å². The highest BCUT2D eigenvalue weighted by molar-refractivity contribution is 6.32. The number of amides is 2. The Morgan fingerprint density at radius 3 is 1.42 bits per heavy atom. The Hall–Kier alpha value is -4.62. The summed E-state index contributed by atoms with van der Waals surface area (Å²) < 4.78 is 23.4. The number of likely N-dealkylation sites (tertiary alicyclic amines) is 2. The van der Waals surface area contributed by atoms with Crippen molar-refractivity contribution in [3.8, 4) is 34.6 Å². The SMILES string of the molecule is COc1nc(OCc2cccc(-c3cccc(COc4nc(OC)c(CN5CCC5C(N)=O)cc4Cl)c3C)c2C)c(Cl)cc1CN1CCC1C(N)=O. The Kier molecular flexibility index (Phi) is 11.4. The number of primary amides is 2. The predicted molar refractivity (Wildman–Crippen MR) is 198 cm³/mol. The third-order valence-electron chi connectivity index (χ3n) is 9.93. The quantitative estimate of drug-likeness (QED) is 0.162. The number of carbonyl (C=O) groups excluding carboxylic acids is 2. The number of rotatable bonds is 15. The highest BCUT2D eigenvalue weighted by Gasteiger charge is 2.34. The zero-order valence-electron chi connectivity index (χ0n) is 29.6. The summed E-state index contributed by atoms with van der Waals surface area (Å²) >= 11 is 13.2. The molecule has 0 bridgehead atoms. The van der Waals surface area contributed by atoms with Gasteiger partial charge in [0.15, 0.2) is 0 Å². The Bertz CT molecular complexity index is 1850. The van der Waals surface area contributed by atoms with Gasteiger partial charge in [-0.15, -0.1) is 0 Å². The maximum Gasteiger partial charge on any atom is 0.236 e. The first-order valence-corrected chi connectivity index (χ1v) is 17.7. The van der Waals surface area contributed by atoms with Gasteiger partial charge >= 0.3 is 0 Å². The van der Waals surface area contributed by atoms with Gasteiger partial charge in [-0.25, -0.2) is 0 Å². The van der Waals surface area contributed by atoms with E-state index in [0.29, 0.717) is 34.9 Å². The van der Waals surface area contributed by atoms with E-state index in [-0.39, 0.29) is 48.9 Å². The van der Waals surface area contributed by atoms with Crippen LogP contribution in [0.5, 0.6) is 23.5 Å². The molecule has 2 aliphatic heterocycles. The van der Waals surface area contributed by atoms with Gasteiger partial charge in [0.1, 0.15) is 23.3 Å².